The zero-order chi connectivity index (χ0) is 16.5. The Morgan fingerprint density at radius 3 is 2.57 bits per heavy atom. The van der Waals surface area contributed by atoms with Crippen molar-refractivity contribution >= 4 is 23.5 Å². The lowest BCUT2D eigenvalue weighted by Gasteiger charge is -2.07. The van der Waals surface area contributed by atoms with Crippen LogP contribution in [0.15, 0.2) is 54.6 Å². The number of aryl methyl sites for hydroxylation is 1. The van der Waals surface area contributed by atoms with Gasteiger partial charge in [0, 0.05) is 11.6 Å². The maximum Gasteiger partial charge on any atom is 0.338 e. The quantitative estimate of drug-likeness (QED) is 0.626. The third-order valence-corrected chi connectivity index (χ3v) is 3.44. The Morgan fingerprint density at radius 1 is 1.04 bits per heavy atom. The van der Waals surface area contributed by atoms with Gasteiger partial charge in [0.2, 0.25) is 0 Å². The molecule has 0 unspecified atom stereocenters. The number of hydrogen-bond donors (Lipinski definition) is 1. The zero-order valence-electron chi connectivity index (χ0n) is 12.6. The lowest BCUT2D eigenvalue weighted by atomic mass is 10.1. The maximum atomic E-state index is 11.8. The molecule has 120 valence electrons. The van der Waals surface area contributed by atoms with Crippen molar-refractivity contribution in [2.75, 3.05) is 13.2 Å². The predicted molar refractivity (Wildman–Crippen MR) is 89.5 cm³/mol. The van der Waals surface area contributed by atoms with E-state index < -0.39 is 5.97 Å². The van der Waals surface area contributed by atoms with Gasteiger partial charge in [0.1, 0.15) is 0 Å². The van der Waals surface area contributed by atoms with Crippen molar-refractivity contribution in [1.29, 1.82) is 0 Å². The summed E-state index contributed by atoms with van der Waals surface area (Å²) in [6.45, 7) is 0.249. The second kappa shape index (κ2) is 8.96. The van der Waals surface area contributed by atoms with Gasteiger partial charge >= 0.3 is 5.97 Å². The summed E-state index contributed by atoms with van der Waals surface area (Å²) < 4.78 is 4.95. The largest absolute Gasteiger partial charge is 0.452 e. The van der Waals surface area contributed by atoms with Crippen LogP contribution in [0.25, 0.3) is 0 Å². The SMILES string of the molecule is O=C(COC(=O)c1cccc(Cl)c1)NCCCc1ccccc1. The molecule has 0 atom stereocenters. The van der Waals surface area contributed by atoms with Gasteiger partial charge in [-0.1, -0.05) is 48.0 Å². The fourth-order valence-corrected chi connectivity index (χ4v) is 2.24. The van der Waals surface area contributed by atoms with Crippen LogP contribution in [0.3, 0.4) is 0 Å². The van der Waals surface area contributed by atoms with Crippen molar-refractivity contribution in [3.05, 3.63) is 70.7 Å². The van der Waals surface area contributed by atoms with E-state index in [4.69, 9.17) is 16.3 Å². The topological polar surface area (TPSA) is 55.4 Å². The van der Waals surface area contributed by atoms with Gasteiger partial charge in [-0.3, -0.25) is 4.79 Å². The highest BCUT2D eigenvalue weighted by Gasteiger charge is 2.10. The second-order valence-corrected chi connectivity index (χ2v) is 5.46. The molecule has 0 spiro atoms. The van der Waals surface area contributed by atoms with E-state index in [0.29, 0.717) is 17.1 Å². The van der Waals surface area contributed by atoms with Crippen LogP contribution in [-0.4, -0.2) is 25.0 Å². The van der Waals surface area contributed by atoms with Gasteiger partial charge in [-0.15, -0.1) is 0 Å². The standard InChI is InChI=1S/C18H18ClNO3/c19-16-10-4-9-15(12-16)18(22)23-13-17(21)20-11-5-8-14-6-2-1-3-7-14/h1-4,6-7,9-10,12H,5,8,11,13H2,(H,20,21). The Labute approximate surface area is 140 Å². The molecule has 0 saturated heterocycles. The fourth-order valence-electron chi connectivity index (χ4n) is 2.05. The van der Waals surface area contributed by atoms with E-state index in [9.17, 15) is 9.59 Å². The third kappa shape index (κ3) is 6.12. The van der Waals surface area contributed by atoms with Gasteiger partial charge < -0.3 is 10.1 Å². The van der Waals surface area contributed by atoms with Crippen LogP contribution in [0.5, 0.6) is 0 Å². The molecular weight excluding hydrogens is 314 g/mol. The molecule has 0 radical (unpaired) electrons. The number of ether oxygens (including phenoxy) is 1. The minimum atomic E-state index is -0.563. The van der Waals surface area contributed by atoms with Crippen LogP contribution in [0.1, 0.15) is 22.3 Å². The number of hydrogen-bond acceptors (Lipinski definition) is 3. The first-order valence-corrected chi connectivity index (χ1v) is 7.76. The van der Waals surface area contributed by atoms with E-state index in [1.807, 2.05) is 18.2 Å². The Morgan fingerprint density at radius 2 is 1.83 bits per heavy atom. The zero-order valence-corrected chi connectivity index (χ0v) is 13.4. The summed E-state index contributed by atoms with van der Waals surface area (Å²) in [6.07, 6.45) is 1.72. The molecule has 1 amide bonds. The number of esters is 1. The molecule has 5 heteroatoms. The predicted octanol–water partition coefficient (Wildman–Crippen LogP) is 3.25. The van der Waals surface area contributed by atoms with Crippen molar-refractivity contribution in [1.82, 2.24) is 5.32 Å². The molecule has 0 saturated carbocycles. The van der Waals surface area contributed by atoms with Gasteiger partial charge in [-0.05, 0) is 36.6 Å². The van der Waals surface area contributed by atoms with E-state index in [1.165, 1.54) is 11.6 Å². The molecule has 2 rings (SSSR count). The highest BCUT2D eigenvalue weighted by molar-refractivity contribution is 6.30. The van der Waals surface area contributed by atoms with E-state index in [0.717, 1.165) is 12.8 Å². The summed E-state index contributed by atoms with van der Waals surface area (Å²) >= 11 is 5.80. The summed E-state index contributed by atoms with van der Waals surface area (Å²) in [5.41, 5.74) is 1.56. The van der Waals surface area contributed by atoms with Gasteiger partial charge in [-0.25, -0.2) is 4.79 Å². The van der Waals surface area contributed by atoms with Crippen LogP contribution < -0.4 is 5.32 Å². The van der Waals surface area contributed by atoms with E-state index >= 15 is 0 Å². The number of amides is 1. The molecule has 1 N–H and O–H groups in total. The summed E-state index contributed by atoms with van der Waals surface area (Å²) in [5.74, 6) is -0.875. The van der Waals surface area contributed by atoms with Crippen LogP contribution >= 0.6 is 11.6 Å². The van der Waals surface area contributed by atoms with E-state index in [-0.39, 0.29) is 12.5 Å². The van der Waals surface area contributed by atoms with Crippen molar-refractivity contribution in [3.8, 4) is 0 Å². The smallest absolute Gasteiger partial charge is 0.338 e. The molecule has 4 nitrogen and oxygen atoms in total. The van der Waals surface area contributed by atoms with Gasteiger partial charge in [0.15, 0.2) is 6.61 Å². The molecule has 2 aromatic carbocycles. The van der Waals surface area contributed by atoms with Gasteiger partial charge in [-0.2, -0.15) is 0 Å². The monoisotopic (exact) mass is 331 g/mol. The highest BCUT2D eigenvalue weighted by atomic mass is 35.5. The van der Waals surface area contributed by atoms with Crippen LogP contribution in [0, 0.1) is 0 Å². The molecule has 2 aromatic rings. The molecule has 0 aromatic heterocycles. The Hall–Kier alpha value is -2.33. The van der Waals surface area contributed by atoms with Crippen molar-refractivity contribution in [2.45, 2.75) is 12.8 Å². The first kappa shape index (κ1) is 17.0. The van der Waals surface area contributed by atoms with Crippen molar-refractivity contribution < 1.29 is 14.3 Å². The average Bonchev–Trinajstić information content (AvgIpc) is 2.57. The van der Waals surface area contributed by atoms with Gasteiger partial charge in [0.25, 0.3) is 5.91 Å². The molecular formula is C18H18ClNO3. The highest BCUT2D eigenvalue weighted by Crippen LogP contribution is 2.11. The summed E-state index contributed by atoms with van der Waals surface area (Å²) in [7, 11) is 0. The summed E-state index contributed by atoms with van der Waals surface area (Å²) in [6, 6.07) is 16.5. The molecule has 0 heterocycles. The first-order chi connectivity index (χ1) is 11.1. The molecule has 0 aliphatic rings. The first-order valence-electron chi connectivity index (χ1n) is 7.38. The number of benzene rings is 2. The van der Waals surface area contributed by atoms with Crippen molar-refractivity contribution in [2.24, 2.45) is 0 Å². The second-order valence-electron chi connectivity index (χ2n) is 5.03. The number of rotatable bonds is 7. The molecule has 0 aliphatic heterocycles. The number of carbonyl (C=O) groups excluding carboxylic acids is 2. The Bertz CT molecular complexity index is 658. The van der Waals surface area contributed by atoms with Crippen LogP contribution in [0.4, 0.5) is 0 Å². The van der Waals surface area contributed by atoms with Crippen LogP contribution in [0.2, 0.25) is 5.02 Å². The van der Waals surface area contributed by atoms with E-state index in [1.54, 1.807) is 18.2 Å². The van der Waals surface area contributed by atoms with Gasteiger partial charge in [0.05, 0.1) is 5.56 Å². The number of nitrogens with one attached hydrogen (secondary N) is 1. The molecule has 0 fully saturated rings. The maximum absolute atomic E-state index is 11.8. The number of carbonyl (C=O) groups is 2. The average molecular weight is 332 g/mol. The number of halogens is 1. The third-order valence-electron chi connectivity index (χ3n) is 3.20. The Kier molecular flexibility index (Phi) is 6.63. The lowest BCUT2D eigenvalue weighted by Crippen LogP contribution is -2.29. The summed E-state index contributed by atoms with van der Waals surface area (Å²) in [5, 5.41) is 3.18. The Balaban J connectivity index is 1.64. The van der Waals surface area contributed by atoms with E-state index in [2.05, 4.69) is 17.4 Å². The summed E-state index contributed by atoms with van der Waals surface area (Å²) in [4.78, 5) is 23.4. The normalized spacial score (nSPS) is 10.1. The van der Waals surface area contributed by atoms with Crippen LogP contribution in [-0.2, 0) is 16.0 Å². The van der Waals surface area contributed by atoms with Crippen molar-refractivity contribution in [3.63, 3.8) is 0 Å². The fraction of sp³-hybridized carbons (Fsp3) is 0.222. The lowest BCUT2D eigenvalue weighted by molar-refractivity contribution is -0.124. The molecule has 0 aliphatic carbocycles. The molecule has 23 heavy (non-hydrogen) atoms. The minimum absolute atomic E-state index is 0.295. The molecule has 0 bridgehead atoms. The minimum Gasteiger partial charge on any atom is -0.452 e.